The van der Waals surface area contributed by atoms with Crippen LogP contribution < -0.4 is 4.74 Å². The summed E-state index contributed by atoms with van der Waals surface area (Å²) < 4.78 is 11.1. The van der Waals surface area contributed by atoms with Gasteiger partial charge in [0.15, 0.2) is 0 Å². The van der Waals surface area contributed by atoms with E-state index in [1.54, 1.807) is 0 Å². The Morgan fingerprint density at radius 2 is 1.93 bits per heavy atom. The molecule has 0 radical (unpaired) electrons. The normalized spacial score (nSPS) is 15.6. The average Bonchev–Trinajstić information content (AvgIpc) is 3.40. The van der Waals surface area contributed by atoms with Crippen molar-refractivity contribution in [1.29, 1.82) is 0 Å². The summed E-state index contributed by atoms with van der Waals surface area (Å²) in [5.74, 6) is 1.08. The Morgan fingerprint density at radius 1 is 1.14 bits per heavy atom. The molecule has 0 bridgehead atoms. The lowest BCUT2D eigenvalue weighted by Gasteiger charge is -2.18. The summed E-state index contributed by atoms with van der Waals surface area (Å²) in [7, 11) is 1.48. The number of carbonyl (C=O) groups excluding carboxylic acids is 1. The lowest BCUT2D eigenvalue weighted by Crippen LogP contribution is -2.17. The van der Waals surface area contributed by atoms with Gasteiger partial charge in [-0.15, -0.1) is 0 Å². The predicted octanol–water partition coefficient (Wildman–Crippen LogP) is 5.58. The molecule has 3 aromatic rings. The zero-order chi connectivity index (χ0) is 19.3. The number of aromatic nitrogens is 1. The van der Waals surface area contributed by atoms with Crippen LogP contribution in [0.3, 0.4) is 0 Å². The monoisotopic (exact) mass is 377 g/mol. The van der Waals surface area contributed by atoms with Gasteiger partial charge in [-0.1, -0.05) is 56.0 Å². The molecular weight excluding hydrogens is 350 g/mol. The number of nitrogens with one attached hydrogen (secondary N) is 1. The highest BCUT2D eigenvalue weighted by Gasteiger charge is 2.29. The molecule has 28 heavy (non-hydrogen) atoms. The highest BCUT2D eigenvalue weighted by Crippen LogP contribution is 2.37. The third-order valence-corrected chi connectivity index (χ3v) is 5.84. The number of hydrogen-bond acceptors (Lipinski definition) is 3. The third kappa shape index (κ3) is 4.06. The maximum Gasteiger partial charge on any atom is 0.313 e. The highest BCUT2D eigenvalue weighted by molar-refractivity contribution is 5.90. The van der Waals surface area contributed by atoms with Crippen LogP contribution in [0.2, 0.25) is 0 Å². The highest BCUT2D eigenvalue weighted by atomic mass is 16.5. The maximum absolute atomic E-state index is 12.5. The van der Waals surface area contributed by atoms with E-state index in [0.29, 0.717) is 12.5 Å². The molecule has 1 N–H and O–H groups in total. The number of rotatable bonds is 7. The summed E-state index contributed by atoms with van der Waals surface area (Å²) in [5, 5.41) is 1.07. The average molecular weight is 377 g/mol. The fourth-order valence-corrected chi connectivity index (χ4v) is 4.32. The van der Waals surface area contributed by atoms with E-state index in [0.717, 1.165) is 34.2 Å². The summed E-state index contributed by atoms with van der Waals surface area (Å²) >= 11 is 0. The van der Waals surface area contributed by atoms with E-state index in [1.165, 1.54) is 32.8 Å². The zero-order valence-electron chi connectivity index (χ0n) is 16.3. The second-order valence-corrected chi connectivity index (χ2v) is 7.69. The first-order valence-corrected chi connectivity index (χ1v) is 10.1. The zero-order valence-corrected chi connectivity index (χ0v) is 16.3. The van der Waals surface area contributed by atoms with Crippen LogP contribution in [0, 0.1) is 5.92 Å². The maximum atomic E-state index is 12.5. The number of ether oxygens (including phenoxy) is 2. The number of carbonyl (C=O) groups is 1. The standard InChI is InChI=1S/C24H27NO3/c1-27-24(26)21(13-17-7-5-6-8-17)22-15-25-23-14-19(11-12-20(22)23)28-16-18-9-3-2-4-10-18/h2-4,9-12,14-15,17,21,25H,5-8,13,16H2,1H3. The number of benzene rings is 2. The van der Waals surface area contributed by atoms with Crippen LogP contribution in [-0.4, -0.2) is 18.1 Å². The van der Waals surface area contributed by atoms with Crippen LogP contribution in [-0.2, 0) is 16.1 Å². The Bertz CT molecular complexity index is 925. The first-order chi connectivity index (χ1) is 13.7. The van der Waals surface area contributed by atoms with Crippen molar-refractivity contribution in [3.63, 3.8) is 0 Å². The van der Waals surface area contributed by atoms with E-state index in [1.807, 2.05) is 42.6 Å². The number of fused-ring (bicyclic) bond motifs is 1. The Morgan fingerprint density at radius 3 is 2.68 bits per heavy atom. The molecule has 0 saturated heterocycles. The summed E-state index contributed by atoms with van der Waals surface area (Å²) in [6.45, 7) is 0.534. The number of aromatic amines is 1. The van der Waals surface area contributed by atoms with E-state index >= 15 is 0 Å². The molecule has 1 saturated carbocycles. The fourth-order valence-electron chi connectivity index (χ4n) is 4.32. The van der Waals surface area contributed by atoms with Gasteiger partial charge in [-0.3, -0.25) is 4.79 Å². The van der Waals surface area contributed by atoms with Crippen molar-refractivity contribution in [3.8, 4) is 5.75 Å². The largest absolute Gasteiger partial charge is 0.489 e. The SMILES string of the molecule is COC(=O)C(CC1CCCC1)c1c[nH]c2cc(OCc3ccccc3)ccc12. The molecule has 0 amide bonds. The minimum Gasteiger partial charge on any atom is -0.489 e. The van der Waals surface area contributed by atoms with E-state index in [4.69, 9.17) is 9.47 Å². The van der Waals surface area contributed by atoms with Crippen LogP contribution in [0.25, 0.3) is 10.9 Å². The van der Waals surface area contributed by atoms with Crippen molar-refractivity contribution in [2.45, 2.75) is 44.6 Å². The Balaban J connectivity index is 1.54. The lowest BCUT2D eigenvalue weighted by molar-refractivity contribution is -0.142. The van der Waals surface area contributed by atoms with E-state index < -0.39 is 0 Å². The van der Waals surface area contributed by atoms with Crippen molar-refractivity contribution >= 4 is 16.9 Å². The van der Waals surface area contributed by atoms with Gasteiger partial charge < -0.3 is 14.5 Å². The van der Waals surface area contributed by atoms with E-state index in [-0.39, 0.29) is 11.9 Å². The molecule has 0 spiro atoms. The van der Waals surface area contributed by atoms with Gasteiger partial charge in [0.1, 0.15) is 12.4 Å². The molecule has 0 aliphatic heterocycles. The van der Waals surface area contributed by atoms with Crippen LogP contribution in [0.5, 0.6) is 5.75 Å². The Kier molecular flexibility index (Phi) is 5.65. The number of H-pyrrole nitrogens is 1. The Labute approximate surface area is 165 Å². The molecule has 1 aliphatic carbocycles. The summed E-state index contributed by atoms with van der Waals surface area (Å²) in [6, 6.07) is 16.2. The minimum atomic E-state index is -0.210. The van der Waals surface area contributed by atoms with Crippen molar-refractivity contribution < 1.29 is 14.3 Å². The Hall–Kier alpha value is -2.75. The van der Waals surface area contributed by atoms with Gasteiger partial charge in [0.05, 0.1) is 13.0 Å². The summed E-state index contributed by atoms with van der Waals surface area (Å²) in [6.07, 6.45) is 7.80. The van der Waals surface area contributed by atoms with Gasteiger partial charge >= 0.3 is 5.97 Å². The molecule has 1 aliphatic rings. The predicted molar refractivity (Wildman–Crippen MR) is 110 cm³/mol. The van der Waals surface area contributed by atoms with Gasteiger partial charge in [-0.2, -0.15) is 0 Å². The van der Waals surface area contributed by atoms with Gasteiger partial charge in [0.2, 0.25) is 0 Å². The third-order valence-electron chi connectivity index (χ3n) is 5.84. The smallest absolute Gasteiger partial charge is 0.313 e. The molecule has 1 aromatic heterocycles. The van der Waals surface area contributed by atoms with Crippen LogP contribution in [0.1, 0.15) is 49.1 Å². The first kappa shape index (κ1) is 18.6. The molecule has 1 fully saturated rings. The molecule has 1 atom stereocenters. The molecule has 1 heterocycles. The summed E-state index contributed by atoms with van der Waals surface area (Å²) in [4.78, 5) is 15.8. The first-order valence-electron chi connectivity index (χ1n) is 10.1. The second-order valence-electron chi connectivity index (χ2n) is 7.69. The van der Waals surface area contributed by atoms with Crippen LogP contribution in [0.4, 0.5) is 0 Å². The van der Waals surface area contributed by atoms with Crippen molar-refractivity contribution in [3.05, 3.63) is 65.9 Å². The minimum absolute atomic E-state index is 0.141. The van der Waals surface area contributed by atoms with E-state index in [2.05, 4.69) is 17.1 Å². The molecular formula is C24H27NO3. The molecule has 4 rings (SSSR count). The molecule has 4 nitrogen and oxygen atoms in total. The number of methoxy groups -OCH3 is 1. The van der Waals surface area contributed by atoms with Crippen LogP contribution >= 0.6 is 0 Å². The molecule has 4 heteroatoms. The topological polar surface area (TPSA) is 51.3 Å². The fraction of sp³-hybridized carbons (Fsp3) is 0.375. The van der Waals surface area contributed by atoms with Gasteiger partial charge in [0, 0.05) is 23.2 Å². The van der Waals surface area contributed by atoms with Crippen molar-refractivity contribution in [2.75, 3.05) is 7.11 Å². The molecule has 146 valence electrons. The van der Waals surface area contributed by atoms with Crippen molar-refractivity contribution in [2.24, 2.45) is 5.92 Å². The molecule has 1 unspecified atom stereocenters. The number of esters is 1. The molecule has 2 aromatic carbocycles. The summed E-state index contributed by atoms with van der Waals surface area (Å²) in [5.41, 5.74) is 3.15. The van der Waals surface area contributed by atoms with Gasteiger partial charge in [0.25, 0.3) is 0 Å². The second kappa shape index (κ2) is 8.51. The van der Waals surface area contributed by atoms with Gasteiger partial charge in [-0.05, 0) is 35.6 Å². The van der Waals surface area contributed by atoms with E-state index in [9.17, 15) is 4.79 Å². The quantitative estimate of drug-likeness (QED) is 0.547. The number of hydrogen-bond donors (Lipinski definition) is 1. The van der Waals surface area contributed by atoms with Gasteiger partial charge in [-0.25, -0.2) is 0 Å². The van der Waals surface area contributed by atoms with Crippen molar-refractivity contribution in [1.82, 2.24) is 4.98 Å². The lowest BCUT2D eigenvalue weighted by atomic mass is 9.87. The van der Waals surface area contributed by atoms with Crippen LogP contribution in [0.15, 0.2) is 54.7 Å².